The third-order valence-electron chi connectivity index (χ3n) is 20.9. The van der Waals surface area contributed by atoms with Crippen LogP contribution in [-0.2, 0) is 59.5 Å². The number of Topliss-reactive ketones (excluding diaryl/α,β-unsaturated/α-hetero) is 3. The molecule has 6 amide bonds. The highest BCUT2D eigenvalue weighted by Gasteiger charge is 2.58. The predicted octanol–water partition coefficient (Wildman–Crippen LogP) is 9.78. The Hall–Kier alpha value is -9.55. The normalized spacial score (nSPS) is 19.2. The molecular weight excluding hydrogens is 1260 g/mol. The first-order chi connectivity index (χ1) is 47.7. The molecular formula is C78H88N6O15. The van der Waals surface area contributed by atoms with E-state index in [1.165, 1.54) is 20.0 Å². The van der Waals surface area contributed by atoms with Gasteiger partial charge in [-0.2, -0.15) is 0 Å². The van der Waals surface area contributed by atoms with E-state index in [4.69, 9.17) is 23.7 Å². The molecule has 5 aromatic rings. The highest BCUT2D eigenvalue weighted by atomic mass is 16.6. The lowest BCUT2D eigenvalue weighted by molar-refractivity contribution is -0.133. The van der Waals surface area contributed by atoms with Gasteiger partial charge in [-0.1, -0.05) is 80.3 Å². The summed E-state index contributed by atoms with van der Waals surface area (Å²) in [6.07, 6.45) is 6.68. The van der Waals surface area contributed by atoms with Crippen LogP contribution in [-0.4, -0.2) is 139 Å². The summed E-state index contributed by atoms with van der Waals surface area (Å²) in [7, 11) is 3.06. The number of ether oxygens (including phenoxy) is 5. The summed E-state index contributed by atoms with van der Waals surface area (Å²) in [5.74, 6) is 4.48. The van der Waals surface area contributed by atoms with Crippen LogP contribution in [0.1, 0.15) is 171 Å². The summed E-state index contributed by atoms with van der Waals surface area (Å²) in [4.78, 5) is 129. The number of nitrogens with zero attached hydrogens (tertiary/aromatic N) is 4. The minimum atomic E-state index is -1.45. The molecule has 5 aromatic carbocycles. The zero-order chi connectivity index (χ0) is 69.7. The molecule has 7 aliphatic rings. The van der Waals surface area contributed by atoms with Crippen molar-refractivity contribution in [1.29, 1.82) is 0 Å². The van der Waals surface area contributed by atoms with Crippen LogP contribution in [0.3, 0.4) is 0 Å². The fraction of sp³-hybridized carbons (Fsp3) is 0.474. The van der Waals surface area contributed by atoms with Crippen molar-refractivity contribution in [2.45, 2.75) is 167 Å². The summed E-state index contributed by atoms with van der Waals surface area (Å²) in [5.41, 5.74) is 6.47. The minimum Gasteiger partial charge on any atom is -0.493 e. The maximum Gasteiger partial charge on any atom is 0.416 e. The average molecular weight is 1350 g/mol. The Bertz CT molecular complexity index is 4030. The van der Waals surface area contributed by atoms with Gasteiger partial charge in [-0.15, -0.1) is 0 Å². The Morgan fingerprint density at radius 2 is 1.28 bits per heavy atom. The van der Waals surface area contributed by atoms with E-state index in [-0.39, 0.29) is 128 Å². The molecule has 2 saturated carbocycles. The summed E-state index contributed by atoms with van der Waals surface area (Å²) in [5, 5.41) is 17.5. The van der Waals surface area contributed by atoms with Crippen molar-refractivity contribution in [3.8, 4) is 34.8 Å². The van der Waals surface area contributed by atoms with Gasteiger partial charge >= 0.3 is 6.09 Å². The lowest BCUT2D eigenvalue weighted by Crippen LogP contribution is -2.50. The number of anilines is 2. The molecule has 3 N–H and O–H groups in total. The molecule has 520 valence electrons. The van der Waals surface area contributed by atoms with E-state index in [1.54, 1.807) is 74.1 Å². The van der Waals surface area contributed by atoms with Gasteiger partial charge < -0.3 is 54.1 Å². The zero-order valence-electron chi connectivity index (χ0n) is 57.1. The molecule has 2 spiro atoms. The summed E-state index contributed by atoms with van der Waals surface area (Å²) in [6.45, 7) is 6.85. The molecule has 1 unspecified atom stereocenters. The van der Waals surface area contributed by atoms with Crippen LogP contribution < -0.4 is 39.4 Å². The fourth-order valence-corrected chi connectivity index (χ4v) is 14.6. The van der Waals surface area contributed by atoms with Crippen molar-refractivity contribution < 1.29 is 71.9 Å². The third-order valence-corrected chi connectivity index (χ3v) is 20.9. The topological polar surface area (TPSA) is 257 Å². The van der Waals surface area contributed by atoms with Crippen molar-refractivity contribution >= 4 is 64.4 Å². The first-order valence-corrected chi connectivity index (χ1v) is 34.9. The Morgan fingerprint density at radius 1 is 0.657 bits per heavy atom. The summed E-state index contributed by atoms with van der Waals surface area (Å²) >= 11 is 0. The van der Waals surface area contributed by atoms with Crippen molar-refractivity contribution in [3.05, 3.63) is 142 Å². The zero-order valence-corrected chi connectivity index (χ0v) is 57.1. The number of hydrogen-bond donors (Lipinski definition) is 3. The largest absolute Gasteiger partial charge is 0.493 e. The summed E-state index contributed by atoms with van der Waals surface area (Å²) < 4.78 is 30.0. The Labute approximate surface area is 577 Å². The molecule has 0 radical (unpaired) electrons. The van der Waals surface area contributed by atoms with Gasteiger partial charge in [0.05, 0.1) is 69.5 Å². The molecule has 2 saturated heterocycles. The SMILES string of the molecule is COc1cc2c(cc1OCCCCCOc1cc3c(cc1OC)C(=O)N1CC4(CC4)C[C@H]1C(O)N3C(=O)OCc1ccc(CC(=O)[C@H](C)NC(=O)[C@@H](CC(=O)CNC(=O)CCC(=O)CCC(=O)N3Cc4ccccc4C#Cc4ccccc43)C(C)C)cc1)CC[C@@H]1CC3(CC3)CN1C2=O. The number of rotatable bonds is 28. The van der Waals surface area contributed by atoms with E-state index < -0.39 is 47.9 Å². The van der Waals surface area contributed by atoms with E-state index in [0.29, 0.717) is 83.8 Å². The first-order valence-electron chi connectivity index (χ1n) is 34.9. The van der Waals surface area contributed by atoms with Gasteiger partial charge in [0.1, 0.15) is 12.4 Å². The maximum atomic E-state index is 14.5. The number of benzene rings is 5. The van der Waals surface area contributed by atoms with E-state index in [0.717, 1.165) is 66.7 Å². The number of para-hydroxylation sites is 1. The molecule has 12 rings (SSSR count). The molecule has 5 aliphatic heterocycles. The minimum absolute atomic E-state index is 0.0441. The quantitative estimate of drug-likeness (QED) is 0.0311. The molecule has 5 heterocycles. The number of hydrogen-bond acceptors (Lipinski definition) is 15. The standard InChI is InChI=1S/C78H88N6O15/c1-48(2)59(37-58(86)43-79-70(88)27-25-57(85)26-28-71(89)81-44-55-15-8-7-13-52(55)21-22-53-14-9-10-16-62(53)81)72(90)80-49(3)65(87)35-50-17-19-51(20-18-50)45-99-76(94)84-63-40-69(67(96-5)39-61(63)74(92)83-47-78(31-32-78)42-64(83)75(84)93)98-34-12-6-11-33-97-68-36-54-23-24-56-41-77(29-30-77)46-82(56)73(91)60(54)38-66(68)95-4/h7-10,13-20,36,38-40,48-49,56,59,64,75,93H,6,11-12,23-35,37,41-47H2,1-5H3,(H,79,88)(H,80,90)/t49-,56+,59-,64-,75?/m0/s1. The number of amides is 6. The Balaban J connectivity index is 0.589. The molecule has 21 nitrogen and oxygen atoms in total. The van der Waals surface area contributed by atoms with Crippen LogP contribution in [0.4, 0.5) is 16.2 Å². The van der Waals surface area contributed by atoms with Crippen LogP contribution >= 0.6 is 0 Å². The molecule has 0 bridgehead atoms. The lowest BCUT2D eigenvalue weighted by Gasteiger charge is -2.31. The van der Waals surface area contributed by atoms with Crippen molar-refractivity contribution in [2.75, 3.05) is 56.9 Å². The Kier molecular flexibility index (Phi) is 20.9. The highest BCUT2D eigenvalue weighted by molar-refractivity contribution is 6.06. The molecule has 2 aliphatic carbocycles. The first kappa shape index (κ1) is 69.4. The van der Waals surface area contributed by atoms with E-state index >= 15 is 0 Å². The number of aliphatic hydroxyl groups is 1. The van der Waals surface area contributed by atoms with Crippen LogP contribution in [0.2, 0.25) is 0 Å². The average Bonchev–Trinajstić information content (AvgIpc) is 1.58. The number of methoxy groups -OCH3 is 2. The van der Waals surface area contributed by atoms with E-state index in [1.807, 2.05) is 60.7 Å². The molecule has 0 aromatic heterocycles. The van der Waals surface area contributed by atoms with Crippen LogP contribution in [0.15, 0.2) is 97.1 Å². The van der Waals surface area contributed by atoms with Gasteiger partial charge in [-0.25, -0.2) is 9.69 Å². The van der Waals surface area contributed by atoms with Gasteiger partial charge in [-0.3, -0.25) is 38.4 Å². The van der Waals surface area contributed by atoms with Crippen molar-refractivity contribution in [3.63, 3.8) is 0 Å². The lowest BCUT2D eigenvalue weighted by atomic mass is 9.89. The molecule has 99 heavy (non-hydrogen) atoms. The molecule has 4 fully saturated rings. The van der Waals surface area contributed by atoms with Gasteiger partial charge in [-0.05, 0) is 153 Å². The van der Waals surface area contributed by atoms with Crippen molar-refractivity contribution in [1.82, 2.24) is 20.4 Å². The highest BCUT2D eigenvalue weighted by Crippen LogP contribution is 2.58. The molecule has 21 heteroatoms. The monoisotopic (exact) mass is 1350 g/mol. The predicted molar refractivity (Wildman–Crippen MR) is 367 cm³/mol. The number of fused-ring (bicyclic) bond motifs is 6. The van der Waals surface area contributed by atoms with Crippen molar-refractivity contribution in [2.24, 2.45) is 22.7 Å². The number of unbranched alkanes of at least 4 members (excludes halogenated alkanes) is 2. The van der Waals surface area contributed by atoms with Gasteiger partial charge in [0.2, 0.25) is 17.7 Å². The number of carbonyl (C=O) groups excluding carboxylic acids is 9. The van der Waals surface area contributed by atoms with Gasteiger partial charge in [0.25, 0.3) is 11.8 Å². The third kappa shape index (κ3) is 15.8. The van der Waals surface area contributed by atoms with E-state index in [9.17, 15) is 48.3 Å². The van der Waals surface area contributed by atoms with Crippen LogP contribution in [0.5, 0.6) is 23.0 Å². The molecule has 5 atom stereocenters. The maximum absolute atomic E-state index is 14.5. The Morgan fingerprint density at radius 3 is 1.99 bits per heavy atom. The second-order valence-electron chi connectivity index (χ2n) is 28.3. The second-order valence-corrected chi connectivity index (χ2v) is 28.3. The van der Waals surface area contributed by atoms with Gasteiger partial charge in [0, 0.05) is 86.3 Å². The fourth-order valence-electron chi connectivity index (χ4n) is 14.6. The number of aryl methyl sites for hydroxylation is 1. The number of aliphatic hydroxyl groups excluding tert-OH is 1. The van der Waals surface area contributed by atoms with E-state index in [2.05, 4.69) is 27.4 Å². The smallest absolute Gasteiger partial charge is 0.416 e. The number of ketones is 3. The van der Waals surface area contributed by atoms with Gasteiger partial charge in [0.15, 0.2) is 40.8 Å². The van der Waals surface area contributed by atoms with Crippen LogP contribution in [0.25, 0.3) is 0 Å². The second kappa shape index (κ2) is 29.9. The number of nitrogens with one attached hydrogen (secondary N) is 2. The van der Waals surface area contributed by atoms with Crippen LogP contribution in [0, 0.1) is 34.5 Å². The number of carbonyl (C=O) groups is 9. The summed E-state index contributed by atoms with van der Waals surface area (Å²) in [6, 6.07) is 27.4.